The summed E-state index contributed by atoms with van der Waals surface area (Å²) in [6.45, 7) is 3.55. The number of hydrogen-bond acceptors (Lipinski definition) is 4. The predicted octanol–water partition coefficient (Wildman–Crippen LogP) is 1.66. The minimum Gasteiger partial charge on any atom is -0.362 e. The molecule has 0 fully saturated rings. The summed E-state index contributed by atoms with van der Waals surface area (Å²) in [6, 6.07) is 6.67. The average molecular weight is 216 g/mol. The van der Waals surface area contributed by atoms with E-state index >= 15 is 0 Å². The monoisotopic (exact) mass is 216 g/mol. The summed E-state index contributed by atoms with van der Waals surface area (Å²) in [5.41, 5.74) is 1.03. The summed E-state index contributed by atoms with van der Waals surface area (Å²) < 4.78 is 31.1. The van der Waals surface area contributed by atoms with Crippen molar-refractivity contribution in [1.29, 1.82) is 0 Å². The minimum absolute atomic E-state index is 0.0637. The number of rotatable bonds is 4. The molecule has 1 rings (SSSR count). The Hall–Kier alpha value is -1.07. The zero-order valence-electron chi connectivity index (χ0n) is 8.06. The molecule has 0 aliphatic carbocycles. The van der Waals surface area contributed by atoms with Crippen LogP contribution in [0, 0.1) is 6.92 Å². The van der Waals surface area contributed by atoms with Crippen LogP contribution < -0.4 is 4.18 Å². The second kappa shape index (κ2) is 4.43. The Kier molecular flexibility index (Phi) is 3.49. The molecule has 5 heteroatoms. The highest BCUT2D eigenvalue weighted by atomic mass is 32.3. The summed E-state index contributed by atoms with van der Waals surface area (Å²) in [5.74, 6) is 0.254. The Labute approximate surface area is 83.8 Å². The SMILES string of the molecule is CCOS(=O)(=O)Oc1ccc(C)cc1. The maximum absolute atomic E-state index is 11.0. The first-order chi connectivity index (χ1) is 6.53. The van der Waals surface area contributed by atoms with Gasteiger partial charge in [0, 0.05) is 0 Å². The van der Waals surface area contributed by atoms with Crippen LogP contribution in [0.4, 0.5) is 0 Å². The van der Waals surface area contributed by atoms with E-state index in [0.29, 0.717) is 0 Å². The fraction of sp³-hybridized carbons (Fsp3) is 0.333. The molecule has 4 nitrogen and oxygen atoms in total. The van der Waals surface area contributed by atoms with Crippen molar-refractivity contribution >= 4 is 10.4 Å². The van der Waals surface area contributed by atoms with Crippen LogP contribution in [0.25, 0.3) is 0 Å². The van der Waals surface area contributed by atoms with Gasteiger partial charge >= 0.3 is 10.4 Å². The van der Waals surface area contributed by atoms with Gasteiger partial charge in [-0.15, -0.1) is 0 Å². The Bertz CT molecular complexity index is 380. The molecule has 0 radical (unpaired) electrons. The molecule has 78 valence electrons. The molecular weight excluding hydrogens is 204 g/mol. The Morgan fingerprint density at radius 3 is 2.29 bits per heavy atom. The van der Waals surface area contributed by atoms with Crippen molar-refractivity contribution < 1.29 is 16.8 Å². The normalized spacial score (nSPS) is 11.3. The van der Waals surface area contributed by atoms with Gasteiger partial charge in [-0.05, 0) is 26.0 Å². The summed E-state index contributed by atoms with van der Waals surface area (Å²) in [4.78, 5) is 0. The molecule has 0 spiro atoms. The largest absolute Gasteiger partial charge is 0.449 e. The lowest BCUT2D eigenvalue weighted by atomic mass is 10.2. The second-order valence-electron chi connectivity index (χ2n) is 2.71. The zero-order valence-corrected chi connectivity index (χ0v) is 8.87. The fourth-order valence-corrected chi connectivity index (χ4v) is 1.56. The highest BCUT2D eigenvalue weighted by Gasteiger charge is 2.11. The quantitative estimate of drug-likeness (QED) is 0.768. The van der Waals surface area contributed by atoms with Crippen molar-refractivity contribution in [3.05, 3.63) is 29.8 Å². The van der Waals surface area contributed by atoms with Crippen molar-refractivity contribution in [3.8, 4) is 5.75 Å². The summed E-state index contributed by atoms with van der Waals surface area (Å²) in [7, 11) is -3.90. The zero-order chi connectivity index (χ0) is 10.6. The van der Waals surface area contributed by atoms with Crippen LogP contribution in [0.15, 0.2) is 24.3 Å². The van der Waals surface area contributed by atoms with Crippen LogP contribution in [0.1, 0.15) is 12.5 Å². The topological polar surface area (TPSA) is 52.6 Å². The molecule has 0 bridgehead atoms. The van der Waals surface area contributed by atoms with Gasteiger partial charge in [0.25, 0.3) is 0 Å². The van der Waals surface area contributed by atoms with Crippen LogP contribution in [0.2, 0.25) is 0 Å². The lowest BCUT2D eigenvalue weighted by Crippen LogP contribution is -2.12. The molecule has 0 saturated carbocycles. The van der Waals surface area contributed by atoms with Gasteiger partial charge in [0.05, 0.1) is 6.61 Å². The average Bonchev–Trinajstić information content (AvgIpc) is 2.08. The molecule has 0 aliphatic heterocycles. The maximum atomic E-state index is 11.0. The van der Waals surface area contributed by atoms with E-state index in [9.17, 15) is 8.42 Å². The molecule has 0 unspecified atom stereocenters. The molecule has 0 N–H and O–H groups in total. The third-order valence-electron chi connectivity index (χ3n) is 1.48. The number of benzene rings is 1. The first-order valence-electron chi connectivity index (χ1n) is 4.19. The van der Waals surface area contributed by atoms with Crippen LogP contribution in [-0.2, 0) is 14.6 Å². The molecule has 1 aromatic carbocycles. The van der Waals surface area contributed by atoms with Crippen molar-refractivity contribution in [3.63, 3.8) is 0 Å². The van der Waals surface area contributed by atoms with E-state index in [-0.39, 0.29) is 12.4 Å². The van der Waals surface area contributed by atoms with Gasteiger partial charge in [0.1, 0.15) is 5.75 Å². The number of hydrogen-bond donors (Lipinski definition) is 0. The second-order valence-corrected chi connectivity index (χ2v) is 3.93. The van der Waals surface area contributed by atoms with Crippen LogP contribution >= 0.6 is 0 Å². The fourth-order valence-electron chi connectivity index (χ4n) is 0.880. The standard InChI is InChI=1S/C9H12O4S/c1-3-12-14(10,11)13-9-6-4-8(2)5-7-9/h4-7H,3H2,1-2H3. The van der Waals surface area contributed by atoms with Gasteiger partial charge in [0.15, 0.2) is 0 Å². The highest BCUT2D eigenvalue weighted by molar-refractivity contribution is 7.82. The van der Waals surface area contributed by atoms with Gasteiger partial charge in [0.2, 0.25) is 0 Å². The molecule has 0 heterocycles. The van der Waals surface area contributed by atoms with E-state index in [1.165, 1.54) is 0 Å². The molecule has 0 aliphatic rings. The maximum Gasteiger partial charge on any atom is 0.449 e. The minimum atomic E-state index is -3.90. The van der Waals surface area contributed by atoms with E-state index in [1.54, 1.807) is 31.2 Å². The van der Waals surface area contributed by atoms with Crippen LogP contribution in [-0.4, -0.2) is 15.0 Å². The Morgan fingerprint density at radius 1 is 1.21 bits per heavy atom. The van der Waals surface area contributed by atoms with E-state index in [1.807, 2.05) is 6.92 Å². The predicted molar refractivity (Wildman–Crippen MR) is 52.4 cm³/mol. The van der Waals surface area contributed by atoms with Crippen molar-refractivity contribution in [1.82, 2.24) is 0 Å². The summed E-state index contributed by atoms with van der Waals surface area (Å²) in [6.07, 6.45) is 0. The lowest BCUT2D eigenvalue weighted by molar-refractivity contribution is 0.288. The molecular formula is C9H12O4S. The molecule has 0 atom stereocenters. The lowest BCUT2D eigenvalue weighted by Gasteiger charge is -2.05. The third-order valence-corrected chi connectivity index (χ3v) is 2.40. The van der Waals surface area contributed by atoms with Gasteiger partial charge in [-0.3, -0.25) is 0 Å². The van der Waals surface area contributed by atoms with Crippen molar-refractivity contribution in [2.75, 3.05) is 6.61 Å². The Morgan fingerprint density at radius 2 is 1.79 bits per heavy atom. The first-order valence-corrected chi connectivity index (χ1v) is 5.52. The van der Waals surface area contributed by atoms with E-state index in [0.717, 1.165) is 5.56 Å². The van der Waals surface area contributed by atoms with Crippen LogP contribution in [0.5, 0.6) is 5.75 Å². The van der Waals surface area contributed by atoms with E-state index in [4.69, 9.17) is 0 Å². The van der Waals surface area contributed by atoms with Crippen molar-refractivity contribution in [2.45, 2.75) is 13.8 Å². The third kappa shape index (κ3) is 3.35. The van der Waals surface area contributed by atoms with Gasteiger partial charge < -0.3 is 4.18 Å². The van der Waals surface area contributed by atoms with Crippen LogP contribution in [0.3, 0.4) is 0 Å². The summed E-state index contributed by atoms with van der Waals surface area (Å²) in [5, 5.41) is 0. The summed E-state index contributed by atoms with van der Waals surface area (Å²) >= 11 is 0. The van der Waals surface area contributed by atoms with Gasteiger partial charge in [-0.1, -0.05) is 17.7 Å². The number of aryl methyl sites for hydroxylation is 1. The smallest absolute Gasteiger partial charge is 0.362 e. The molecule has 14 heavy (non-hydrogen) atoms. The van der Waals surface area contributed by atoms with Gasteiger partial charge in [-0.2, -0.15) is 8.42 Å². The van der Waals surface area contributed by atoms with Crippen molar-refractivity contribution in [2.24, 2.45) is 0 Å². The molecule has 1 aromatic rings. The van der Waals surface area contributed by atoms with E-state index in [2.05, 4.69) is 8.37 Å². The Balaban J connectivity index is 2.74. The molecule has 0 amide bonds. The molecule has 0 saturated heterocycles. The van der Waals surface area contributed by atoms with E-state index < -0.39 is 10.4 Å². The van der Waals surface area contributed by atoms with Gasteiger partial charge in [-0.25, -0.2) is 4.18 Å². The first kappa shape index (κ1) is 11.0. The molecule has 0 aromatic heterocycles. The highest BCUT2D eigenvalue weighted by Crippen LogP contribution is 2.14.